The predicted molar refractivity (Wildman–Crippen MR) is 50.7 cm³/mol. The average Bonchev–Trinajstić information content (AvgIpc) is 2.65. The third-order valence-electron chi connectivity index (χ3n) is 1.76. The van der Waals surface area contributed by atoms with Gasteiger partial charge in [0.25, 0.3) is 0 Å². The fourth-order valence-electron chi connectivity index (χ4n) is 1.07. The number of pyridine rings is 1. The Kier molecular flexibility index (Phi) is 2.06. The van der Waals surface area contributed by atoms with Gasteiger partial charge >= 0.3 is 0 Å². The molecular formula is C9H9N3O2. The highest BCUT2D eigenvalue weighted by Crippen LogP contribution is 2.21. The Morgan fingerprint density at radius 1 is 1.43 bits per heavy atom. The van der Waals surface area contributed by atoms with Gasteiger partial charge in [-0.15, -0.1) is 0 Å². The molecular weight excluding hydrogens is 182 g/mol. The Bertz CT molecular complexity index is 422. The van der Waals surface area contributed by atoms with Gasteiger partial charge in [-0.05, 0) is 6.07 Å². The van der Waals surface area contributed by atoms with Crippen molar-refractivity contribution < 1.29 is 9.26 Å². The summed E-state index contributed by atoms with van der Waals surface area (Å²) in [5.41, 5.74) is 6.24. The van der Waals surface area contributed by atoms with Crippen LogP contribution in [0.1, 0.15) is 0 Å². The first-order chi connectivity index (χ1) is 6.79. The lowest BCUT2D eigenvalue weighted by Gasteiger charge is -1.98. The number of ether oxygens (including phenoxy) is 1. The van der Waals surface area contributed by atoms with Gasteiger partial charge in [-0.2, -0.15) is 0 Å². The standard InChI is InChI=1S/C9H9N3O2/c1-13-9-3-2-6(5-11-9)7-4-8(10)12-14-7/h2-5H,1H3,(H2,10,12). The molecule has 0 radical (unpaired) electrons. The topological polar surface area (TPSA) is 74.2 Å². The smallest absolute Gasteiger partial charge is 0.212 e. The van der Waals surface area contributed by atoms with Gasteiger partial charge in [0.05, 0.1) is 7.11 Å². The Labute approximate surface area is 80.5 Å². The van der Waals surface area contributed by atoms with E-state index in [0.717, 1.165) is 5.56 Å². The Morgan fingerprint density at radius 3 is 2.79 bits per heavy atom. The number of nitrogens with two attached hydrogens (primary N) is 1. The van der Waals surface area contributed by atoms with Crippen LogP contribution < -0.4 is 10.5 Å². The lowest BCUT2D eigenvalue weighted by molar-refractivity contribution is 0.397. The molecule has 0 unspecified atom stereocenters. The van der Waals surface area contributed by atoms with Crippen LogP contribution in [0.3, 0.4) is 0 Å². The van der Waals surface area contributed by atoms with E-state index in [1.165, 1.54) is 0 Å². The third-order valence-corrected chi connectivity index (χ3v) is 1.76. The Hall–Kier alpha value is -2.04. The normalized spacial score (nSPS) is 10.1. The molecule has 2 aromatic rings. The molecule has 0 saturated heterocycles. The third kappa shape index (κ3) is 1.52. The van der Waals surface area contributed by atoms with Gasteiger partial charge in [0.15, 0.2) is 11.6 Å². The fourth-order valence-corrected chi connectivity index (χ4v) is 1.07. The van der Waals surface area contributed by atoms with Crippen molar-refractivity contribution in [3.63, 3.8) is 0 Å². The molecule has 0 aromatic carbocycles. The molecule has 0 amide bonds. The minimum Gasteiger partial charge on any atom is -0.481 e. The van der Waals surface area contributed by atoms with Crippen LogP contribution >= 0.6 is 0 Å². The number of hydrogen-bond acceptors (Lipinski definition) is 5. The van der Waals surface area contributed by atoms with Crippen molar-refractivity contribution in [2.24, 2.45) is 0 Å². The van der Waals surface area contributed by atoms with Gasteiger partial charge in [-0.3, -0.25) is 0 Å². The van der Waals surface area contributed by atoms with Crippen molar-refractivity contribution >= 4 is 5.82 Å². The molecule has 0 fully saturated rings. The van der Waals surface area contributed by atoms with E-state index in [-0.39, 0.29) is 0 Å². The molecule has 14 heavy (non-hydrogen) atoms. The summed E-state index contributed by atoms with van der Waals surface area (Å²) in [7, 11) is 1.56. The van der Waals surface area contributed by atoms with Crippen molar-refractivity contribution in [2.45, 2.75) is 0 Å². The second kappa shape index (κ2) is 3.37. The van der Waals surface area contributed by atoms with Crippen molar-refractivity contribution in [1.29, 1.82) is 0 Å². The van der Waals surface area contributed by atoms with E-state index in [1.54, 1.807) is 25.4 Å². The molecule has 2 aromatic heterocycles. The zero-order valence-electron chi connectivity index (χ0n) is 7.60. The van der Waals surface area contributed by atoms with Gasteiger partial charge in [0.2, 0.25) is 5.88 Å². The van der Waals surface area contributed by atoms with Crippen molar-refractivity contribution in [2.75, 3.05) is 12.8 Å². The summed E-state index contributed by atoms with van der Waals surface area (Å²) in [5, 5.41) is 3.58. The minimum absolute atomic E-state index is 0.357. The number of nitrogens with zero attached hydrogens (tertiary/aromatic N) is 2. The first kappa shape index (κ1) is 8.55. The molecule has 2 rings (SSSR count). The number of anilines is 1. The molecule has 0 aliphatic heterocycles. The summed E-state index contributed by atoms with van der Waals surface area (Å²) in [6.45, 7) is 0. The van der Waals surface area contributed by atoms with Crippen LogP contribution in [-0.4, -0.2) is 17.3 Å². The zero-order valence-corrected chi connectivity index (χ0v) is 7.60. The number of aromatic nitrogens is 2. The molecule has 5 nitrogen and oxygen atoms in total. The zero-order chi connectivity index (χ0) is 9.97. The summed E-state index contributed by atoms with van der Waals surface area (Å²) < 4.78 is 9.90. The minimum atomic E-state index is 0.357. The lowest BCUT2D eigenvalue weighted by Crippen LogP contribution is -1.86. The highest BCUT2D eigenvalue weighted by molar-refractivity contribution is 5.59. The summed E-state index contributed by atoms with van der Waals surface area (Å²) in [5.74, 6) is 1.51. The number of methoxy groups -OCH3 is 1. The molecule has 72 valence electrons. The van der Waals surface area contributed by atoms with E-state index in [0.29, 0.717) is 17.5 Å². The first-order valence-electron chi connectivity index (χ1n) is 4.02. The van der Waals surface area contributed by atoms with E-state index >= 15 is 0 Å². The van der Waals surface area contributed by atoms with Crippen molar-refractivity contribution in [1.82, 2.24) is 10.1 Å². The maximum Gasteiger partial charge on any atom is 0.212 e. The van der Waals surface area contributed by atoms with E-state index < -0.39 is 0 Å². The van der Waals surface area contributed by atoms with Crippen LogP contribution in [0.5, 0.6) is 5.88 Å². The second-order valence-corrected chi connectivity index (χ2v) is 2.71. The van der Waals surface area contributed by atoms with Gasteiger partial charge in [-0.25, -0.2) is 4.98 Å². The Morgan fingerprint density at radius 2 is 2.29 bits per heavy atom. The SMILES string of the molecule is COc1ccc(-c2cc(N)no2)cn1. The van der Waals surface area contributed by atoms with E-state index in [9.17, 15) is 0 Å². The van der Waals surface area contributed by atoms with Crippen LogP contribution in [0.25, 0.3) is 11.3 Å². The van der Waals surface area contributed by atoms with Crippen molar-refractivity contribution in [3.8, 4) is 17.2 Å². The Balaban J connectivity index is 2.33. The maximum absolute atomic E-state index is 5.42. The quantitative estimate of drug-likeness (QED) is 0.775. The predicted octanol–water partition coefficient (Wildman–Crippen LogP) is 1.33. The average molecular weight is 191 g/mol. The summed E-state index contributed by atoms with van der Waals surface area (Å²) >= 11 is 0. The van der Waals surface area contributed by atoms with Crippen LogP contribution in [0.15, 0.2) is 28.9 Å². The molecule has 0 spiro atoms. The fraction of sp³-hybridized carbons (Fsp3) is 0.111. The lowest BCUT2D eigenvalue weighted by atomic mass is 10.2. The molecule has 0 bridgehead atoms. The molecule has 0 aliphatic rings. The van der Waals surface area contributed by atoms with Gasteiger partial charge in [0.1, 0.15) is 0 Å². The van der Waals surface area contributed by atoms with Crippen LogP contribution in [-0.2, 0) is 0 Å². The largest absolute Gasteiger partial charge is 0.481 e. The number of hydrogen-bond donors (Lipinski definition) is 1. The highest BCUT2D eigenvalue weighted by Gasteiger charge is 2.04. The van der Waals surface area contributed by atoms with Crippen LogP contribution in [0.2, 0.25) is 0 Å². The van der Waals surface area contributed by atoms with E-state index in [2.05, 4.69) is 10.1 Å². The first-order valence-corrected chi connectivity index (χ1v) is 4.02. The molecule has 0 aliphatic carbocycles. The highest BCUT2D eigenvalue weighted by atomic mass is 16.5. The summed E-state index contributed by atoms with van der Waals surface area (Å²) in [6, 6.07) is 5.21. The maximum atomic E-state index is 5.42. The summed E-state index contributed by atoms with van der Waals surface area (Å²) in [6.07, 6.45) is 1.64. The monoisotopic (exact) mass is 191 g/mol. The summed E-state index contributed by atoms with van der Waals surface area (Å²) in [4.78, 5) is 4.03. The molecule has 2 N–H and O–H groups in total. The van der Waals surface area contributed by atoms with Gasteiger partial charge in [0, 0.05) is 23.9 Å². The van der Waals surface area contributed by atoms with Gasteiger partial charge in [-0.1, -0.05) is 5.16 Å². The molecule has 5 heteroatoms. The molecule has 0 atom stereocenters. The van der Waals surface area contributed by atoms with E-state index in [1.807, 2.05) is 6.07 Å². The van der Waals surface area contributed by atoms with Crippen LogP contribution in [0.4, 0.5) is 5.82 Å². The molecule has 2 heterocycles. The van der Waals surface area contributed by atoms with Crippen LogP contribution in [0, 0.1) is 0 Å². The number of nitrogen functional groups attached to an aromatic ring is 1. The van der Waals surface area contributed by atoms with Gasteiger partial charge < -0.3 is 15.0 Å². The van der Waals surface area contributed by atoms with E-state index in [4.69, 9.17) is 15.0 Å². The van der Waals surface area contributed by atoms with Crippen molar-refractivity contribution in [3.05, 3.63) is 24.4 Å². The molecule has 0 saturated carbocycles. The second-order valence-electron chi connectivity index (χ2n) is 2.71. The number of rotatable bonds is 2.